The first-order valence-electron chi connectivity index (χ1n) is 8.32. The Bertz CT molecular complexity index is 594. The van der Waals surface area contributed by atoms with Crippen molar-refractivity contribution in [2.75, 3.05) is 13.1 Å². The van der Waals surface area contributed by atoms with Gasteiger partial charge >= 0.3 is 0 Å². The minimum absolute atomic E-state index is 0.109. The first-order chi connectivity index (χ1) is 11.2. The van der Waals surface area contributed by atoms with Crippen molar-refractivity contribution >= 4 is 11.3 Å². The van der Waals surface area contributed by atoms with Gasteiger partial charge in [0.1, 0.15) is 5.01 Å². The van der Waals surface area contributed by atoms with Crippen LogP contribution in [0.25, 0.3) is 0 Å². The van der Waals surface area contributed by atoms with Crippen molar-refractivity contribution in [1.82, 2.24) is 15.2 Å². The summed E-state index contributed by atoms with van der Waals surface area (Å²) in [5, 5.41) is 16.4. The number of aromatic nitrogens is 1. The largest absolute Gasteiger partial charge is 0.393 e. The molecule has 23 heavy (non-hydrogen) atoms. The Labute approximate surface area is 142 Å². The van der Waals surface area contributed by atoms with Gasteiger partial charge in [-0.3, -0.25) is 4.90 Å². The summed E-state index contributed by atoms with van der Waals surface area (Å²) in [7, 11) is 0. The normalized spacial score (nSPS) is 18.2. The molecule has 1 unspecified atom stereocenters. The minimum atomic E-state index is -0.109. The van der Waals surface area contributed by atoms with E-state index in [9.17, 15) is 5.11 Å². The summed E-state index contributed by atoms with van der Waals surface area (Å²) in [6, 6.07) is 8.91. The summed E-state index contributed by atoms with van der Waals surface area (Å²) in [4.78, 5) is 6.82. The molecule has 1 saturated heterocycles. The van der Waals surface area contributed by atoms with Crippen LogP contribution in [0.1, 0.15) is 41.9 Å². The molecule has 2 aromatic rings. The first kappa shape index (κ1) is 16.6. The van der Waals surface area contributed by atoms with Crippen LogP contribution in [0.5, 0.6) is 0 Å². The smallest absolute Gasteiger partial charge is 0.109 e. The van der Waals surface area contributed by atoms with Crippen LogP contribution in [0, 0.1) is 0 Å². The van der Waals surface area contributed by atoms with E-state index in [-0.39, 0.29) is 12.1 Å². The Morgan fingerprint density at radius 1 is 1.30 bits per heavy atom. The van der Waals surface area contributed by atoms with E-state index in [1.165, 1.54) is 11.1 Å². The summed E-state index contributed by atoms with van der Waals surface area (Å²) >= 11 is 1.69. The van der Waals surface area contributed by atoms with E-state index in [1.807, 2.05) is 11.6 Å². The number of thiazole rings is 1. The van der Waals surface area contributed by atoms with Crippen molar-refractivity contribution in [2.24, 2.45) is 0 Å². The molecule has 1 aromatic heterocycles. The van der Waals surface area contributed by atoms with Crippen LogP contribution in [0.2, 0.25) is 0 Å². The van der Waals surface area contributed by atoms with Crippen molar-refractivity contribution in [1.29, 1.82) is 0 Å². The molecule has 0 saturated carbocycles. The average molecular weight is 331 g/mol. The molecule has 0 amide bonds. The highest BCUT2D eigenvalue weighted by Gasteiger charge is 2.18. The summed E-state index contributed by atoms with van der Waals surface area (Å²) in [6.45, 7) is 5.95. The van der Waals surface area contributed by atoms with Crippen molar-refractivity contribution in [2.45, 2.75) is 45.0 Å². The number of likely N-dealkylation sites (tertiary alicyclic amines) is 1. The van der Waals surface area contributed by atoms with Crippen molar-refractivity contribution in [3.63, 3.8) is 0 Å². The topological polar surface area (TPSA) is 48.4 Å². The van der Waals surface area contributed by atoms with Gasteiger partial charge in [-0.2, -0.15) is 0 Å². The molecule has 0 radical (unpaired) electrons. The molecule has 1 aliphatic rings. The van der Waals surface area contributed by atoms with Gasteiger partial charge in [0.2, 0.25) is 0 Å². The molecule has 0 bridgehead atoms. The SMILES string of the molecule is CC(NCc1ccccc1CN1CCC(O)CC1)c1nccs1. The Kier molecular flexibility index (Phi) is 5.78. The molecule has 4 nitrogen and oxygen atoms in total. The maximum absolute atomic E-state index is 9.64. The third-order valence-corrected chi connectivity index (χ3v) is 5.45. The van der Waals surface area contributed by atoms with Gasteiger partial charge in [-0.05, 0) is 30.9 Å². The zero-order valence-corrected chi connectivity index (χ0v) is 14.4. The highest BCUT2D eigenvalue weighted by Crippen LogP contribution is 2.19. The molecule has 3 rings (SSSR count). The standard InChI is InChI=1S/C18H25N3OS/c1-14(18-19-8-11-23-18)20-12-15-4-2-3-5-16(15)13-21-9-6-17(22)7-10-21/h2-5,8,11,14,17,20,22H,6-7,9-10,12-13H2,1H3. The molecule has 1 aromatic carbocycles. The van der Waals surface area contributed by atoms with E-state index in [1.54, 1.807) is 11.3 Å². The third-order valence-electron chi connectivity index (χ3n) is 4.49. The fourth-order valence-electron chi connectivity index (χ4n) is 3.00. The van der Waals surface area contributed by atoms with Gasteiger partial charge in [0.05, 0.1) is 12.1 Å². The van der Waals surface area contributed by atoms with Crippen LogP contribution in [0.4, 0.5) is 0 Å². The monoisotopic (exact) mass is 331 g/mol. The summed E-state index contributed by atoms with van der Waals surface area (Å²) in [5.74, 6) is 0. The van der Waals surface area contributed by atoms with Crippen molar-refractivity contribution in [3.05, 3.63) is 52.0 Å². The number of aliphatic hydroxyl groups excluding tert-OH is 1. The highest BCUT2D eigenvalue weighted by molar-refractivity contribution is 7.09. The van der Waals surface area contributed by atoms with Crippen LogP contribution in [0.3, 0.4) is 0 Å². The Hall–Kier alpha value is -1.27. The average Bonchev–Trinajstić information content (AvgIpc) is 3.10. The molecule has 2 N–H and O–H groups in total. The number of hydrogen-bond donors (Lipinski definition) is 2. The van der Waals surface area contributed by atoms with Gasteiger partial charge in [-0.15, -0.1) is 11.3 Å². The number of nitrogens with one attached hydrogen (secondary N) is 1. The van der Waals surface area contributed by atoms with Crippen molar-refractivity contribution in [3.8, 4) is 0 Å². The maximum atomic E-state index is 9.64. The number of piperidine rings is 1. The van der Waals surface area contributed by atoms with Gasteiger partial charge in [0.25, 0.3) is 0 Å². The third kappa shape index (κ3) is 4.61. The summed E-state index contributed by atoms with van der Waals surface area (Å²) in [5.41, 5.74) is 2.73. The molecule has 1 atom stereocenters. The van der Waals surface area contributed by atoms with E-state index < -0.39 is 0 Å². The molecule has 1 aliphatic heterocycles. The van der Waals surface area contributed by atoms with E-state index in [2.05, 4.69) is 46.4 Å². The van der Waals surface area contributed by atoms with Gasteiger partial charge in [0.15, 0.2) is 0 Å². The molecular formula is C18H25N3OS. The van der Waals surface area contributed by atoms with Crippen LogP contribution >= 0.6 is 11.3 Å². The zero-order chi connectivity index (χ0) is 16.1. The Morgan fingerprint density at radius 3 is 2.74 bits per heavy atom. The molecule has 0 aliphatic carbocycles. The van der Waals surface area contributed by atoms with Crippen LogP contribution in [0.15, 0.2) is 35.8 Å². The lowest BCUT2D eigenvalue weighted by molar-refractivity contribution is 0.0791. The fraction of sp³-hybridized carbons (Fsp3) is 0.500. The number of nitrogens with zero attached hydrogens (tertiary/aromatic N) is 2. The van der Waals surface area contributed by atoms with E-state index >= 15 is 0 Å². The van der Waals surface area contributed by atoms with Gasteiger partial charge < -0.3 is 10.4 Å². The second-order valence-electron chi connectivity index (χ2n) is 6.25. The predicted octanol–water partition coefficient (Wildman–Crippen LogP) is 2.95. The number of aliphatic hydroxyl groups is 1. The van der Waals surface area contributed by atoms with Crippen LogP contribution in [-0.2, 0) is 13.1 Å². The first-order valence-corrected chi connectivity index (χ1v) is 9.20. The van der Waals surface area contributed by atoms with Gasteiger partial charge in [0, 0.05) is 37.8 Å². The Morgan fingerprint density at radius 2 is 2.04 bits per heavy atom. The number of rotatable bonds is 6. The molecule has 0 spiro atoms. The minimum Gasteiger partial charge on any atom is -0.393 e. The molecular weight excluding hydrogens is 306 g/mol. The lowest BCUT2D eigenvalue weighted by Gasteiger charge is -2.30. The van der Waals surface area contributed by atoms with Gasteiger partial charge in [-0.25, -0.2) is 4.98 Å². The highest BCUT2D eigenvalue weighted by atomic mass is 32.1. The van der Waals surface area contributed by atoms with E-state index in [4.69, 9.17) is 0 Å². The Balaban J connectivity index is 1.59. The zero-order valence-electron chi connectivity index (χ0n) is 13.6. The predicted molar refractivity (Wildman–Crippen MR) is 94.3 cm³/mol. The number of benzene rings is 1. The van der Waals surface area contributed by atoms with Crippen LogP contribution in [-0.4, -0.2) is 34.2 Å². The van der Waals surface area contributed by atoms with Gasteiger partial charge in [-0.1, -0.05) is 24.3 Å². The summed E-state index contributed by atoms with van der Waals surface area (Å²) in [6.07, 6.45) is 3.53. The van der Waals surface area contributed by atoms with E-state index in [0.717, 1.165) is 44.0 Å². The lowest BCUT2D eigenvalue weighted by atomic mass is 10.0. The van der Waals surface area contributed by atoms with E-state index in [0.29, 0.717) is 0 Å². The van der Waals surface area contributed by atoms with Crippen LogP contribution < -0.4 is 5.32 Å². The summed E-state index contributed by atoms with van der Waals surface area (Å²) < 4.78 is 0. The molecule has 2 heterocycles. The maximum Gasteiger partial charge on any atom is 0.109 e. The quantitative estimate of drug-likeness (QED) is 0.854. The molecule has 1 fully saturated rings. The fourth-order valence-corrected chi connectivity index (χ4v) is 3.67. The second kappa shape index (κ2) is 8.02. The molecule has 124 valence electrons. The van der Waals surface area contributed by atoms with Crippen molar-refractivity contribution < 1.29 is 5.11 Å². The molecule has 5 heteroatoms. The second-order valence-corrected chi connectivity index (χ2v) is 7.18. The number of hydrogen-bond acceptors (Lipinski definition) is 5. The lowest BCUT2D eigenvalue weighted by Crippen LogP contribution is -2.35.